The van der Waals surface area contributed by atoms with Crippen LogP contribution in [0.15, 0.2) is 58.5 Å². The van der Waals surface area contributed by atoms with Gasteiger partial charge in [0.1, 0.15) is 11.6 Å². The summed E-state index contributed by atoms with van der Waals surface area (Å²) in [5.41, 5.74) is 1.58. The molecule has 3 heterocycles. The largest absolute Gasteiger partial charge is 0.497 e. The second-order valence-electron chi connectivity index (χ2n) is 6.32. The maximum absolute atomic E-state index is 12.4. The van der Waals surface area contributed by atoms with Gasteiger partial charge < -0.3 is 10.1 Å². The van der Waals surface area contributed by atoms with Crippen LogP contribution in [-0.4, -0.2) is 27.8 Å². The maximum atomic E-state index is 12.4. The van der Waals surface area contributed by atoms with Crippen LogP contribution in [0.3, 0.4) is 0 Å². The third-order valence-corrected chi connectivity index (χ3v) is 5.37. The van der Waals surface area contributed by atoms with Gasteiger partial charge >= 0.3 is 0 Å². The van der Waals surface area contributed by atoms with Gasteiger partial charge in [-0.2, -0.15) is 5.10 Å². The van der Waals surface area contributed by atoms with Gasteiger partial charge in [0.2, 0.25) is 0 Å². The molecular weight excluding hydrogens is 360 g/mol. The number of carbonyl (C=O) groups is 1. The summed E-state index contributed by atoms with van der Waals surface area (Å²) < 4.78 is 7.17. The minimum atomic E-state index is -0.224. The smallest absolute Gasteiger partial charge is 0.277 e. The Bertz CT molecular complexity index is 929. The predicted molar refractivity (Wildman–Crippen MR) is 104 cm³/mol. The van der Waals surface area contributed by atoms with Crippen molar-refractivity contribution in [1.82, 2.24) is 14.8 Å². The Morgan fingerprint density at radius 1 is 1.19 bits per heavy atom. The van der Waals surface area contributed by atoms with Crippen LogP contribution in [0.5, 0.6) is 5.75 Å². The summed E-state index contributed by atoms with van der Waals surface area (Å²) in [7, 11) is 1.65. The molecule has 138 valence electrons. The predicted octanol–water partition coefficient (Wildman–Crippen LogP) is 4.03. The molecule has 0 radical (unpaired) electrons. The molecule has 1 aliphatic rings. The minimum Gasteiger partial charge on any atom is -0.497 e. The van der Waals surface area contributed by atoms with E-state index in [-0.39, 0.29) is 5.91 Å². The van der Waals surface area contributed by atoms with Crippen molar-refractivity contribution in [2.24, 2.45) is 0 Å². The van der Waals surface area contributed by atoms with Crippen molar-refractivity contribution in [2.75, 3.05) is 12.4 Å². The minimum absolute atomic E-state index is 0.224. The lowest BCUT2D eigenvalue weighted by Gasteiger charge is -2.11. The number of pyridine rings is 1. The van der Waals surface area contributed by atoms with E-state index in [0.717, 1.165) is 47.0 Å². The summed E-state index contributed by atoms with van der Waals surface area (Å²) in [5, 5.41) is 7.22. The lowest BCUT2D eigenvalue weighted by atomic mass is 10.1. The fraction of sp³-hybridized carbons (Fsp3) is 0.250. The number of fused-ring (bicyclic) bond motifs is 1. The Morgan fingerprint density at radius 2 is 2.11 bits per heavy atom. The van der Waals surface area contributed by atoms with Gasteiger partial charge in [-0.3, -0.25) is 9.48 Å². The van der Waals surface area contributed by atoms with Gasteiger partial charge in [-0.05, 0) is 55.7 Å². The Balaban J connectivity index is 1.41. The lowest BCUT2D eigenvalue weighted by Crippen LogP contribution is -2.15. The van der Waals surface area contributed by atoms with Gasteiger partial charge in [0.15, 0.2) is 5.69 Å². The summed E-state index contributed by atoms with van der Waals surface area (Å²) >= 11 is 1.59. The number of amides is 1. The molecule has 0 bridgehead atoms. The molecule has 0 spiro atoms. The highest BCUT2D eigenvalue weighted by molar-refractivity contribution is 7.99. The molecule has 7 heteroatoms. The van der Waals surface area contributed by atoms with E-state index in [1.54, 1.807) is 31.1 Å². The molecule has 0 saturated heterocycles. The van der Waals surface area contributed by atoms with Crippen molar-refractivity contribution < 1.29 is 9.53 Å². The first-order chi connectivity index (χ1) is 13.2. The van der Waals surface area contributed by atoms with E-state index in [1.165, 1.54) is 0 Å². The van der Waals surface area contributed by atoms with Crippen LogP contribution < -0.4 is 10.1 Å². The number of rotatable bonds is 5. The second kappa shape index (κ2) is 7.84. The molecule has 0 aliphatic carbocycles. The fourth-order valence-electron chi connectivity index (χ4n) is 3.02. The van der Waals surface area contributed by atoms with Gasteiger partial charge in [0.25, 0.3) is 5.91 Å². The van der Waals surface area contributed by atoms with E-state index in [2.05, 4.69) is 15.4 Å². The van der Waals surface area contributed by atoms with Crippen LogP contribution in [0.2, 0.25) is 0 Å². The lowest BCUT2D eigenvalue weighted by molar-refractivity contribution is 0.102. The fourth-order valence-corrected chi connectivity index (χ4v) is 3.86. The molecule has 0 fully saturated rings. The zero-order chi connectivity index (χ0) is 18.6. The van der Waals surface area contributed by atoms with Crippen molar-refractivity contribution in [3.63, 3.8) is 0 Å². The first-order valence-corrected chi connectivity index (χ1v) is 9.69. The average Bonchev–Trinajstić information content (AvgIpc) is 3.14. The van der Waals surface area contributed by atoms with Gasteiger partial charge in [0, 0.05) is 28.2 Å². The number of benzene rings is 1. The number of methoxy groups -OCH3 is 1. The molecule has 0 unspecified atom stereocenters. The number of aryl methyl sites for hydroxylation is 2. The van der Waals surface area contributed by atoms with Crippen molar-refractivity contribution in [3.8, 4) is 5.75 Å². The third kappa shape index (κ3) is 4.14. The zero-order valence-corrected chi connectivity index (χ0v) is 15.8. The zero-order valence-electron chi connectivity index (χ0n) is 15.0. The van der Waals surface area contributed by atoms with Crippen molar-refractivity contribution in [3.05, 3.63) is 60.0 Å². The monoisotopic (exact) mass is 380 g/mol. The molecule has 1 aliphatic heterocycles. The van der Waals surface area contributed by atoms with Gasteiger partial charge in [0.05, 0.1) is 7.11 Å². The molecule has 0 atom stereocenters. The molecule has 0 saturated carbocycles. The van der Waals surface area contributed by atoms with Crippen LogP contribution >= 0.6 is 11.8 Å². The van der Waals surface area contributed by atoms with Crippen LogP contribution in [0, 0.1) is 0 Å². The Labute approximate surface area is 162 Å². The number of aromatic nitrogens is 3. The van der Waals surface area contributed by atoms with E-state index in [9.17, 15) is 4.79 Å². The number of anilines is 1. The SMILES string of the molecule is COc1cccc(Sc2ccc(NC(=O)c3cc4n(n3)CCCC4)nc2)c1. The number of hydrogen-bond donors (Lipinski definition) is 1. The average molecular weight is 380 g/mol. The van der Waals surface area contributed by atoms with Crippen LogP contribution in [0.25, 0.3) is 0 Å². The van der Waals surface area contributed by atoms with Crippen molar-refractivity contribution in [1.29, 1.82) is 0 Å². The molecule has 1 amide bonds. The summed E-state index contributed by atoms with van der Waals surface area (Å²) in [6.07, 6.45) is 5.00. The number of nitrogens with zero attached hydrogens (tertiary/aromatic N) is 3. The molecule has 27 heavy (non-hydrogen) atoms. The highest BCUT2D eigenvalue weighted by Gasteiger charge is 2.17. The number of carbonyl (C=O) groups excluding carboxylic acids is 1. The molecular formula is C20H20N4O2S. The third-order valence-electron chi connectivity index (χ3n) is 4.40. The number of hydrogen-bond acceptors (Lipinski definition) is 5. The summed E-state index contributed by atoms with van der Waals surface area (Å²) in [5.74, 6) is 1.11. The topological polar surface area (TPSA) is 69.0 Å². The van der Waals surface area contributed by atoms with Crippen molar-refractivity contribution >= 4 is 23.5 Å². The van der Waals surface area contributed by atoms with Crippen LogP contribution in [0.4, 0.5) is 5.82 Å². The normalized spacial score (nSPS) is 13.1. The Kier molecular flexibility index (Phi) is 5.11. The maximum Gasteiger partial charge on any atom is 0.277 e. The first-order valence-electron chi connectivity index (χ1n) is 8.87. The van der Waals surface area contributed by atoms with Crippen molar-refractivity contribution in [2.45, 2.75) is 35.6 Å². The summed E-state index contributed by atoms with van der Waals surface area (Å²) in [6, 6.07) is 13.5. The summed E-state index contributed by atoms with van der Waals surface area (Å²) in [4.78, 5) is 18.8. The van der Waals surface area contributed by atoms with Gasteiger partial charge in [-0.1, -0.05) is 17.8 Å². The molecule has 3 aromatic rings. The first kappa shape index (κ1) is 17.6. The molecule has 1 aromatic carbocycles. The molecule has 4 rings (SSSR count). The molecule has 1 N–H and O–H groups in total. The van der Waals surface area contributed by atoms with E-state index in [0.29, 0.717) is 11.5 Å². The highest BCUT2D eigenvalue weighted by atomic mass is 32.2. The second-order valence-corrected chi connectivity index (χ2v) is 7.46. The van der Waals surface area contributed by atoms with E-state index >= 15 is 0 Å². The number of nitrogens with one attached hydrogen (secondary N) is 1. The number of ether oxygens (including phenoxy) is 1. The molecule has 2 aromatic heterocycles. The van der Waals surface area contributed by atoms with E-state index < -0.39 is 0 Å². The van der Waals surface area contributed by atoms with E-state index in [4.69, 9.17) is 4.74 Å². The van der Waals surface area contributed by atoms with Crippen LogP contribution in [0.1, 0.15) is 29.0 Å². The standard InChI is InChI=1S/C20H20N4O2S/c1-26-15-6-4-7-16(12-15)27-17-8-9-19(21-13-17)22-20(25)18-11-14-5-2-3-10-24(14)23-18/h4,6-9,11-13H,2-3,5,10H2,1H3,(H,21,22,25). The summed E-state index contributed by atoms with van der Waals surface area (Å²) in [6.45, 7) is 0.886. The Hall–Kier alpha value is -2.80. The van der Waals surface area contributed by atoms with Crippen LogP contribution in [-0.2, 0) is 13.0 Å². The van der Waals surface area contributed by atoms with E-state index in [1.807, 2.05) is 41.1 Å². The molecule has 6 nitrogen and oxygen atoms in total. The quantitative estimate of drug-likeness (QED) is 0.724. The highest BCUT2D eigenvalue weighted by Crippen LogP contribution is 2.30. The van der Waals surface area contributed by atoms with Gasteiger partial charge in [-0.25, -0.2) is 4.98 Å². The Morgan fingerprint density at radius 3 is 2.89 bits per heavy atom. The van der Waals surface area contributed by atoms with Gasteiger partial charge in [-0.15, -0.1) is 0 Å².